The highest BCUT2D eigenvalue weighted by molar-refractivity contribution is 5.73. The number of carboxylic acids is 1. The summed E-state index contributed by atoms with van der Waals surface area (Å²) in [7, 11) is 0. The van der Waals surface area contributed by atoms with Gasteiger partial charge in [-0.15, -0.1) is 0 Å². The van der Waals surface area contributed by atoms with Crippen LogP contribution in [0.25, 0.3) is 0 Å². The van der Waals surface area contributed by atoms with Crippen LogP contribution in [0.2, 0.25) is 0 Å². The topological polar surface area (TPSA) is 58.6 Å². The highest BCUT2D eigenvalue weighted by atomic mass is 16.5. The largest absolute Gasteiger partial charge is 0.480 e. The molecule has 0 aromatic rings. The molecule has 0 radical (unpaired) electrons. The van der Waals surface area contributed by atoms with Crippen molar-refractivity contribution < 1.29 is 14.6 Å². The van der Waals surface area contributed by atoms with Crippen molar-refractivity contribution in [3.63, 3.8) is 0 Å². The quantitative estimate of drug-likeness (QED) is 0.463. The molecular formula is C4H7NO3. The molecule has 46 valence electrons. The van der Waals surface area contributed by atoms with Gasteiger partial charge in [0, 0.05) is 0 Å². The molecule has 4 heteroatoms. The second kappa shape index (κ2) is 2.11. The van der Waals surface area contributed by atoms with Crippen molar-refractivity contribution in [3.05, 3.63) is 0 Å². The van der Waals surface area contributed by atoms with Gasteiger partial charge in [-0.2, -0.15) is 0 Å². The zero-order chi connectivity index (χ0) is 5.98. The SMILES string of the molecule is O=C(O)C1COCN1. The van der Waals surface area contributed by atoms with Crippen molar-refractivity contribution in [1.82, 2.24) is 5.32 Å². The Labute approximate surface area is 46.4 Å². The zero-order valence-corrected chi connectivity index (χ0v) is 4.26. The fourth-order valence-corrected chi connectivity index (χ4v) is 0.554. The Hall–Kier alpha value is -0.610. The molecule has 0 bridgehead atoms. The van der Waals surface area contributed by atoms with Crippen LogP contribution in [0.1, 0.15) is 0 Å². The summed E-state index contributed by atoms with van der Waals surface area (Å²) in [5, 5.41) is 10.9. The van der Waals surface area contributed by atoms with Crippen molar-refractivity contribution in [2.75, 3.05) is 13.3 Å². The predicted octanol–water partition coefficient (Wildman–Crippen LogP) is -0.983. The van der Waals surface area contributed by atoms with E-state index in [4.69, 9.17) is 9.84 Å². The average Bonchev–Trinajstić information content (AvgIpc) is 2.12. The first-order valence-electron chi connectivity index (χ1n) is 2.34. The van der Waals surface area contributed by atoms with Crippen LogP contribution in [-0.4, -0.2) is 30.5 Å². The van der Waals surface area contributed by atoms with Crippen LogP contribution in [0.4, 0.5) is 0 Å². The molecule has 2 N–H and O–H groups in total. The fourth-order valence-electron chi connectivity index (χ4n) is 0.554. The third-order valence-electron chi connectivity index (χ3n) is 1.01. The molecule has 1 fully saturated rings. The number of hydrogen-bond acceptors (Lipinski definition) is 3. The van der Waals surface area contributed by atoms with Crippen molar-refractivity contribution in [1.29, 1.82) is 0 Å². The van der Waals surface area contributed by atoms with Crippen LogP contribution in [0.3, 0.4) is 0 Å². The van der Waals surface area contributed by atoms with E-state index < -0.39 is 12.0 Å². The lowest BCUT2D eigenvalue weighted by Crippen LogP contribution is -2.32. The van der Waals surface area contributed by atoms with Crippen LogP contribution in [0.5, 0.6) is 0 Å². The third-order valence-corrected chi connectivity index (χ3v) is 1.01. The number of rotatable bonds is 1. The molecule has 0 aromatic carbocycles. The fraction of sp³-hybridized carbons (Fsp3) is 0.750. The van der Waals surface area contributed by atoms with Crippen LogP contribution in [0.15, 0.2) is 0 Å². The molecule has 1 rings (SSSR count). The lowest BCUT2D eigenvalue weighted by molar-refractivity contribution is -0.139. The minimum absolute atomic E-state index is 0.287. The van der Waals surface area contributed by atoms with Gasteiger partial charge >= 0.3 is 5.97 Å². The van der Waals surface area contributed by atoms with Gasteiger partial charge in [0.25, 0.3) is 0 Å². The van der Waals surface area contributed by atoms with E-state index >= 15 is 0 Å². The number of hydrogen-bond donors (Lipinski definition) is 2. The maximum Gasteiger partial charge on any atom is 0.323 e. The van der Waals surface area contributed by atoms with E-state index in [9.17, 15) is 4.79 Å². The van der Waals surface area contributed by atoms with Crippen molar-refractivity contribution in [3.8, 4) is 0 Å². The molecule has 1 heterocycles. The Morgan fingerprint density at radius 3 is 2.88 bits per heavy atom. The molecule has 1 atom stereocenters. The Bertz CT molecular complexity index is 97.5. The number of aliphatic carboxylic acids is 1. The van der Waals surface area contributed by atoms with Gasteiger partial charge in [-0.1, -0.05) is 0 Å². The van der Waals surface area contributed by atoms with Gasteiger partial charge in [0.1, 0.15) is 6.04 Å². The summed E-state index contributed by atoms with van der Waals surface area (Å²) in [5.41, 5.74) is 0. The van der Waals surface area contributed by atoms with Crippen molar-refractivity contribution in [2.24, 2.45) is 0 Å². The standard InChI is InChI=1S/C4H7NO3/c6-4(7)3-1-8-2-5-3/h3,5H,1-2H2,(H,6,7). The number of ether oxygens (including phenoxy) is 1. The van der Waals surface area contributed by atoms with Crippen LogP contribution in [0, 0.1) is 0 Å². The van der Waals surface area contributed by atoms with E-state index in [0.717, 1.165) is 0 Å². The van der Waals surface area contributed by atoms with Gasteiger partial charge in [-0.25, -0.2) is 0 Å². The summed E-state index contributed by atoms with van der Waals surface area (Å²) < 4.78 is 4.73. The van der Waals surface area contributed by atoms with E-state index in [1.807, 2.05) is 0 Å². The molecule has 0 spiro atoms. The lowest BCUT2D eigenvalue weighted by atomic mass is 10.3. The van der Waals surface area contributed by atoms with E-state index in [1.165, 1.54) is 0 Å². The number of carboxylic acid groups (broad SMARTS) is 1. The first kappa shape index (κ1) is 5.53. The average molecular weight is 117 g/mol. The summed E-state index contributed by atoms with van der Waals surface area (Å²) in [5.74, 6) is -0.845. The highest BCUT2D eigenvalue weighted by Gasteiger charge is 2.20. The second-order valence-corrected chi connectivity index (χ2v) is 1.61. The number of carbonyl (C=O) groups is 1. The summed E-state index contributed by atoms with van der Waals surface area (Å²) in [6, 6.07) is -0.491. The maximum absolute atomic E-state index is 10.1. The van der Waals surface area contributed by atoms with Crippen LogP contribution in [-0.2, 0) is 9.53 Å². The first-order chi connectivity index (χ1) is 3.80. The van der Waals surface area contributed by atoms with Crippen molar-refractivity contribution in [2.45, 2.75) is 6.04 Å². The first-order valence-corrected chi connectivity index (χ1v) is 2.34. The normalized spacial score (nSPS) is 28.2. The molecule has 1 saturated heterocycles. The van der Waals surface area contributed by atoms with Gasteiger partial charge in [-0.3, -0.25) is 10.1 Å². The summed E-state index contributed by atoms with van der Waals surface area (Å²) in [6.45, 7) is 0.645. The van der Waals surface area contributed by atoms with E-state index in [2.05, 4.69) is 5.32 Å². The molecule has 1 aliphatic heterocycles. The van der Waals surface area contributed by atoms with Gasteiger partial charge in [0.15, 0.2) is 0 Å². The Kier molecular flexibility index (Phi) is 1.45. The third kappa shape index (κ3) is 0.962. The molecule has 0 saturated carbocycles. The molecule has 1 unspecified atom stereocenters. The highest BCUT2D eigenvalue weighted by Crippen LogP contribution is 1.92. The van der Waals surface area contributed by atoms with E-state index in [1.54, 1.807) is 0 Å². The van der Waals surface area contributed by atoms with Crippen molar-refractivity contribution >= 4 is 5.97 Å². The molecule has 8 heavy (non-hydrogen) atoms. The summed E-state index contributed by atoms with van der Waals surface area (Å²) >= 11 is 0. The molecule has 0 aromatic heterocycles. The molecule has 0 amide bonds. The van der Waals surface area contributed by atoms with Gasteiger partial charge < -0.3 is 9.84 Å². The molecule has 1 aliphatic rings. The smallest absolute Gasteiger partial charge is 0.323 e. The van der Waals surface area contributed by atoms with Gasteiger partial charge in [-0.05, 0) is 0 Å². The van der Waals surface area contributed by atoms with Gasteiger partial charge in [0.05, 0.1) is 13.3 Å². The minimum atomic E-state index is -0.845. The maximum atomic E-state index is 10.1. The molecule has 0 aliphatic carbocycles. The van der Waals surface area contributed by atoms with E-state index in [-0.39, 0.29) is 6.61 Å². The Morgan fingerprint density at radius 2 is 2.62 bits per heavy atom. The minimum Gasteiger partial charge on any atom is -0.480 e. The van der Waals surface area contributed by atoms with Crippen LogP contribution >= 0.6 is 0 Å². The summed E-state index contributed by atoms with van der Waals surface area (Å²) in [4.78, 5) is 10.1. The van der Waals surface area contributed by atoms with Gasteiger partial charge in [0.2, 0.25) is 0 Å². The predicted molar refractivity (Wildman–Crippen MR) is 25.4 cm³/mol. The summed E-state index contributed by atoms with van der Waals surface area (Å²) in [6.07, 6.45) is 0. The number of nitrogens with one attached hydrogen (secondary N) is 1. The molecule has 4 nitrogen and oxygen atoms in total. The van der Waals surface area contributed by atoms with E-state index in [0.29, 0.717) is 6.73 Å². The second-order valence-electron chi connectivity index (χ2n) is 1.61. The Morgan fingerprint density at radius 1 is 1.88 bits per heavy atom. The zero-order valence-electron chi connectivity index (χ0n) is 4.26. The lowest BCUT2D eigenvalue weighted by Gasteiger charge is -1.96. The van der Waals surface area contributed by atoms with Crippen LogP contribution < -0.4 is 5.32 Å². The monoisotopic (exact) mass is 117 g/mol. The Balaban J connectivity index is 2.35. The molecular weight excluding hydrogens is 110 g/mol.